The summed E-state index contributed by atoms with van der Waals surface area (Å²) in [6.45, 7) is 9.03. The molecule has 1 N–H and O–H groups in total. The van der Waals surface area contributed by atoms with E-state index in [1.165, 1.54) is 11.1 Å². The molecule has 1 heteroatoms. The fourth-order valence-electron chi connectivity index (χ4n) is 1.98. The Labute approximate surface area is 93.9 Å². The fourth-order valence-corrected chi connectivity index (χ4v) is 1.98. The van der Waals surface area contributed by atoms with E-state index >= 15 is 0 Å². The molecule has 0 bridgehead atoms. The monoisotopic (exact) mass is 205 g/mol. The van der Waals surface area contributed by atoms with Gasteiger partial charge in [0.1, 0.15) is 0 Å². The normalized spacial score (nSPS) is 15.3. The maximum absolute atomic E-state index is 3.43. The highest BCUT2D eigenvalue weighted by molar-refractivity contribution is 5.25. The van der Waals surface area contributed by atoms with Gasteiger partial charge < -0.3 is 5.32 Å². The third kappa shape index (κ3) is 3.07. The predicted molar refractivity (Wildman–Crippen MR) is 67.0 cm³/mol. The molecule has 2 atom stereocenters. The summed E-state index contributed by atoms with van der Waals surface area (Å²) in [5, 5.41) is 3.43. The molecule has 84 valence electrons. The van der Waals surface area contributed by atoms with Crippen LogP contribution in [0.1, 0.15) is 37.9 Å². The minimum Gasteiger partial charge on any atom is -0.313 e. The second kappa shape index (κ2) is 5.32. The van der Waals surface area contributed by atoms with Crippen LogP contribution in [-0.2, 0) is 0 Å². The molecule has 0 radical (unpaired) electrons. The van der Waals surface area contributed by atoms with E-state index in [1.807, 2.05) is 7.05 Å². The molecule has 2 unspecified atom stereocenters. The fraction of sp³-hybridized carbons (Fsp3) is 0.571. The molecule has 0 saturated heterocycles. The van der Waals surface area contributed by atoms with Gasteiger partial charge in [-0.15, -0.1) is 0 Å². The molecule has 0 aromatic heterocycles. The summed E-state index contributed by atoms with van der Waals surface area (Å²) in [6, 6.07) is 9.25. The van der Waals surface area contributed by atoms with Crippen LogP contribution in [0.4, 0.5) is 0 Å². The highest BCUT2D eigenvalue weighted by Crippen LogP contribution is 2.27. The largest absolute Gasteiger partial charge is 0.313 e. The third-order valence-corrected chi connectivity index (χ3v) is 3.29. The first-order valence-electron chi connectivity index (χ1n) is 5.80. The van der Waals surface area contributed by atoms with Crippen molar-refractivity contribution in [3.8, 4) is 0 Å². The number of nitrogens with one attached hydrogen (secondary N) is 1. The van der Waals surface area contributed by atoms with Gasteiger partial charge in [-0.05, 0) is 31.4 Å². The summed E-state index contributed by atoms with van der Waals surface area (Å²) in [5.74, 6) is 1.35. The lowest BCUT2D eigenvalue weighted by Crippen LogP contribution is -2.26. The summed E-state index contributed by atoms with van der Waals surface area (Å²) >= 11 is 0. The van der Waals surface area contributed by atoms with Crippen molar-refractivity contribution < 1.29 is 0 Å². The van der Waals surface area contributed by atoms with Gasteiger partial charge in [-0.3, -0.25) is 0 Å². The van der Waals surface area contributed by atoms with E-state index < -0.39 is 0 Å². The molecule has 0 spiro atoms. The van der Waals surface area contributed by atoms with E-state index in [-0.39, 0.29) is 0 Å². The summed E-state index contributed by atoms with van der Waals surface area (Å²) in [4.78, 5) is 0. The molecule has 1 rings (SSSR count). The highest BCUT2D eigenvalue weighted by Gasteiger charge is 2.19. The van der Waals surface area contributed by atoms with Crippen molar-refractivity contribution >= 4 is 0 Å². The Morgan fingerprint density at radius 1 is 1.13 bits per heavy atom. The van der Waals surface area contributed by atoms with Gasteiger partial charge in [0.15, 0.2) is 0 Å². The zero-order valence-electron chi connectivity index (χ0n) is 10.5. The van der Waals surface area contributed by atoms with Crippen molar-refractivity contribution in [2.75, 3.05) is 7.05 Å². The molecule has 0 aliphatic rings. The zero-order chi connectivity index (χ0) is 11.4. The van der Waals surface area contributed by atoms with Crippen LogP contribution in [0.25, 0.3) is 0 Å². The molecule has 0 fully saturated rings. The Morgan fingerprint density at radius 2 is 1.80 bits per heavy atom. The van der Waals surface area contributed by atoms with Crippen LogP contribution < -0.4 is 5.32 Å². The molecule has 0 amide bonds. The SMILES string of the molecule is CNC(c1cccc(C)c1)C(C)C(C)C. The molecule has 0 aliphatic carbocycles. The standard InChI is InChI=1S/C14H23N/c1-10(2)12(4)14(15-5)13-8-6-7-11(3)9-13/h6-10,12,14-15H,1-5H3. The highest BCUT2D eigenvalue weighted by atomic mass is 14.9. The predicted octanol–water partition coefficient (Wildman–Crippen LogP) is 3.55. The van der Waals surface area contributed by atoms with Crippen LogP contribution in [0.3, 0.4) is 0 Å². The van der Waals surface area contributed by atoms with Crippen molar-refractivity contribution in [3.63, 3.8) is 0 Å². The minimum atomic E-state index is 0.463. The summed E-state index contributed by atoms with van der Waals surface area (Å²) < 4.78 is 0. The number of aryl methyl sites for hydroxylation is 1. The van der Waals surface area contributed by atoms with Gasteiger partial charge in [-0.2, -0.15) is 0 Å². The van der Waals surface area contributed by atoms with Gasteiger partial charge in [0.2, 0.25) is 0 Å². The van der Waals surface area contributed by atoms with Gasteiger partial charge in [-0.1, -0.05) is 50.6 Å². The topological polar surface area (TPSA) is 12.0 Å². The molecular formula is C14H23N. The lowest BCUT2D eigenvalue weighted by molar-refractivity contribution is 0.317. The Hall–Kier alpha value is -0.820. The van der Waals surface area contributed by atoms with Crippen molar-refractivity contribution in [2.45, 2.75) is 33.7 Å². The second-order valence-corrected chi connectivity index (χ2v) is 4.78. The van der Waals surface area contributed by atoms with Gasteiger partial charge in [0.25, 0.3) is 0 Å². The first kappa shape index (κ1) is 12.3. The minimum absolute atomic E-state index is 0.463. The molecule has 15 heavy (non-hydrogen) atoms. The average molecular weight is 205 g/mol. The van der Waals surface area contributed by atoms with Crippen LogP contribution in [0.5, 0.6) is 0 Å². The van der Waals surface area contributed by atoms with E-state index in [4.69, 9.17) is 0 Å². The Balaban J connectivity index is 2.92. The average Bonchev–Trinajstić information content (AvgIpc) is 2.18. The lowest BCUT2D eigenvalue weighted by atomic mass is 9.86. The number of benzene rings is 1. The Kier molecular flexibility index (Phi) is 4.34. The van der Waals surface area contributed by atoms with Crippen LogP contribution in [0.15, 0.2) is 24.3 Å². The van der Waals surface area contributed by atoms with E-state index in [0.717, 1.165) is 0 Å². The van der Waals surface area contributed by atoms with E-state index in [0.29, 0.717) is 17.9 Å². The van der Waals surface area contributed by atoms with Crippen LogP contribution in [-0.4, -0.2) is 7.05 Å². The Morgan fingerprint density at radius 3 is 2.27 bits per heavy atom. The number of rotatable bonds is 4. The molecule has 0 aliphatic heterocycles. The van der Waals surface area contributed by atoms with Crippen molar-refractivity contribution in [1.82, 2.24) is 5.32 Å². The van der Waals surface area contributed by atoms with Crippen molar-refractivity contribution in [2.24, 2.45) is 11.8 Å². The maximum atomic E-state index is 3.43. The molecule has 1 aromatic rings. The summed E-state index contributed by atoms with van der Waals surface area (Å²) in [6.07, 6.45) is 0. The smallest absolute Gasteiger partial charge is 0.0346 e. The zero-order valence-corrected chi connectivity index (χ0v) is 10.5. The van der Waals surface area contributed by atoms with Crippen LogP contribution in [0.2, 0.25) is 0 Å². The maximum Gasteiger partial charge on any atom is 0.0346 e. The number of hydrogen-bond donors (Lipinski definition) is 1. The molecule has 1 nitrogen and oxygen atoms in total. The van der Waals surface area contributed by atoms with Gasteiger partial charge in [0.05, 0.1) is 0 Å². The summed E-state index contributed by atoms with van der Waals surface area (Å²) in [7, 11) is 2.05. The van der Waals surface area contributed by atoms with Crippen LogP contribution >= 0.6 is 0 Å². The van der Waals surface area contributed by atoms with Crippen LogP contribution in [0, 0.1) is 18.8 Å². The van der Waals surface area contributed by atoms with Gasteiger partial charge >= 0.3 is 0 Å². The molecule has 1 aromatic carbocycles. The third-order valence-electron chi connectivity index (χ3n) is 3.29. The quantitative estimate of drug-likeness (QED) is 0.792. The molecular weight excluding hydrogens is 182 g/mol. The number of hydrogen-bond acceptors (Lipinski definition) is 1. The molecule has 0 heterocycles. The lowest BCUT2D eigenvalue weighted by Gasteiger charge is -2.27. The molecule has 0 saturated carbocycles. The van der Waals surface area contributed by atoms with E-state index in [1.54, 1.807) is 0 Å². The summed E-state index contributed by atoms with van der Waals surface area (Å²) in [5.41, 5.74) is 2.74. The van der Waals surface area contributed by atoms with E-state index in [9.17, 15) is 0 Å². The first-order valence-corrected chi connectivity index (χ1v) is 5.80. The Bertz CT molecular complexity index is 304. The van der Waals surface area contributed by atoms with Crippen molar-refractivity contribution in [1.29, 1.82) is 0 Å². The van der Waals surface area contributed by atoms with Gasteiger partial charge in [-0.25, -0.2) is 0 Å². The van der Waals surface area contributed by atoms with Gasteiger partial charge in [0, 0.05) is 6.04 Å². The first-order chi connectivity index (χ1) is 7.06. The second-order valence-electron chi connectivity index (χ2n) is 4.78. The van der Waals surface area contributed by atoms with Crippen molar-refractivity contribution in [3.05, 3.63) is 35.4 Å². The van der Waals surface area contributed by atoms with E-state index in [2.05, 4.69) is 57.3 Å².